The molecule has 0 aromatic heterocycles. The molecule has 0 amide bonds. The fraction of sp³-hybridized carbons (Fsp3) is 0.333. The van der Waals surface area contributed by atoms with Crippen molar-refractivity contribution in [2.24, 2.45) is 0 Å². The van der Waals surface area contributed by atoms with Crippen molar-refractivity contribution in [3.05, 3.63) is 41.5 Å². The van der Waals surface area contributed by atoms with Crippen LogP contribution in [0.2, 0.25) is 0 Å². The van der Waals surface area contributed by atoms with Crippen LogP contribution < -0.4 is 18.9 Å². The summed E-state index contributed by atoms with van der Waals surface area (Å²) < 4.78 is 48.8. The van der Waals surface area contributed by atoms with Crippen LogP contribution in [0.3, 0.4) is 0 Å². The van der Waals surface area contributed by atoms with Crippen LogP contribution in [0, 0.1) is 0 Å². The Morgan fingerprint density at radius 2 is 1.46 bits per heavy atom. The number of sulfonamides is 1. The first-order valence-corrected chi connectivity index (χ1v) is 9.34. The van der Waals surface area contributed by atoms with Gasteiger partial charge in [-0.1, -0.05) is 0 Å². The van der Waals surface area contributed by atoms with Crippen LogP contribution in [0.5, 0.6) is 23.0 Å². The lowest BCUT2D eigenvalue weighted by atomic mass is 10.1. The van der Waals surface area contributed by atoms with Gasteiger partial charge in [0.1, 0.15) is 27.9 Å². The highest BCUT2D eigenvalue weighted by molar-refractivity contribution is 7.89. The second-order valence-electron chi connectivity index (χ2n) is 5.76. The van der Waals surface area contributed by atoms with E-state index < -0.39 is 10.0 Å². The monoisotopic (exact) mass is 379 g/mol. The third kappa shape index (κ3) is 3.06. The topological polar surface area (TPSA) is 74.3 Å². The van der Waals surface area contributed by atoms with E-state index in [1.165, 1.54) is 24.6 Å². The highest BCUT2D eigenvalue weighted by Crippen LogP contribution is 2.39. The average molecular weight is 379 g/mol. The Morgan fingerprint density at radius 1 is 0.808 bits per heavy atom. The van der Waals surface area contributed by atoms with Gasteiger partial charge in [-0.25, -0.2) is 8.42 Å². The summed E-state index contributed by atoms with van der Waals surface area (Å²) in [6.45, 7) is 0.459. The van der Waals surface area contributed by atoms with E-state index in [-0.39, 0.29) is 23.7 Å². The normalized spacial score (nSPS) is 14.0. The van der Waals surface area contributed by atoms with E-state index in [4.69, 9.17) is 18.9 Å². The zero-order chi connectivity index (χ0) is 18.9. The molecule has 0 unspecified atom stereocenters. The molecule has 2 aromatic rings. The molecule has 0 N–H and O–H groups in total. The highest BCUT2D eigenvalue weighted by atomic mass is 32.2. The fourth-order valence-electron chi connectivity index (χ4n) is 3.01. The largest absolute Gasteiger partial charge is 0.497 e. The average Bonchev–Trinajstić information content (AvgIpc) is 3.11. The summed E-state index contributed by atoms with van der Waals surface area (Å²) in [5.74, 6) is 2.00. The molecule has 8 heteroatoms. The van der Waals surface area contributed by atoms with Crippen LogP contribution in [0.25, 0.3) is 0 Å². The minimum Gasteiger partial charge on any atom is -0.497 e. The lowest BCUT2D eigenvalue weighted by Gasteiger charge is -2.18. The van der Waals surface area contributed by atoms with Gasteiger partial charge in [0.15, 0.2) is 0 Å². The highest BCUT2D eigenvalue weighted by Gasteiger charge is 2.34. The number of ether oxygens (including phenoxy) is 4. The van der Waals surface area contributed by atoms with Gasteiger partial charge in [-0.05, 0) is 23.8 Å². The molecule has 0 radical (unpaired) electrons. The minimum atomic E-state index is -3.76. The molecule has 140 valence electrons. The van der Waals surface area contributed by atoms with Gasteiger partial charge < -0.3 is 18.9 Å². The fourth-order valence-corrected chi connectivity index (χ4v) is 4.54. The number of nitrogens with zero attached hydrogens (tertiary/aromatic N) is 1. The summed E-state index contributed by atoms with van der Waals surface area (Å²) in [5.41, 5.74) is 1.70. The van der Waals surface area contributed by atoms with Crippen LogP contribution in [0.4, 0.5) is 0 Å². The van der Waals surface area contributed by atoms with Gasteiger partial charge in [-0.15, -0.1) is 0 Å². The molecule has 0 aliphatic carbocycles. The number of hydrogen-bond donors (Lipinski definition) is 0. The Balaban J connectivity index is 2.00. The van der Waals surface area contributed by atoms with E-state index in [1.807, 2.05) is 6.07 Å². The van der Waals surface area contributed by atoms with Crippen LogP contribution in [-0.2, 0) is 23.1 Å². The standard InChI is InChI=1S/C18H21NO6S/c1-22-13-5-6-18(17(8-13)25-4)26(20,21)19-10-12-7-14(23-2)9-16(24-3)15(12)11-19/h5-9H,10-11H2,1-4H3. The molecule has 0 bridgehead atoms. The van der Waals surface area contributed by atoms with E-state index in [0.717, 1.165) is 11.1 Å². The van der Waals surface area contributed by atoms with Gasteiger partial charge in [0.2, 0.25) is 10.0 Å². The van der Waals surface area contributed by atoms with E-state index in [2.05, 4.69) is 0 Å². The molecule has 1 aliphatic heterocycles. The van der Waals surface area contributed by atoms with Gasteiger partial charge in [0, 0.05) is 30.8 Å². The molecular formula is C18H21NO6S. The van der Waals surface area contributed by atoms with Gasteiger partial charge in [0.25, 0.3) is 0 Å². The smallest absolute Gasteiger partial charge is 0.247 e. The summed E-state index contributed by atoms with van der Waals surface area (Å²) >= 11 is 0. The van der Waals surface area contributed by atoms with Crippen molar-refractivity contribution in [2.45, 2.75) is 18.0 Å². The summed E-state index contributed by atoms with van der Waals surface area (Å²) in [6, 6.07) is 8.23. The van der Waals surface area contributed by atoms with Gasteiger partial charge in [-0.3, -0.25) is 0 Å². The molecule has 1 aliphatic rings. The van der Waals surface area contributed by atoms with E-state index in [9.17, 15) is 8.42 Å². The molecule has 3 rings (SSSR count). The maximum Gasteiger partial charge on any atom is 0.247 e. The number of fused-ring (bicyclic) bond motifs is 1. The Bertz CT molecular complexity index is 926. The first kappa shape index (κ1) is 18.3. The summed E-state index contributed by atoms with van der Waals surface area (Å²) in [6.07, 6.45) is 0. The Labute approximate surface area is 153 Å². The van der Waals surface area contributed by atoms with Gasteiger partial charge >= 0.3 is 0 Å². The van der Waals surface area contributed by atoms with Crippen LogP contribution in [0.1, 0.15) is 11.1 Å². The predicted molar refractivity (Wildman–Crippen MR) is 95.5 cm³/mol. The van der Waals surface area contributed by atoms with Crippen molar-refractivity contribution in [3.8, 4) is 23.0 Å². The van der Waals surface area contributed by atoms with Gasteiger partial charge in [-0.2, -0.15) is 4.31 Å². The zero-order valence-electron chi connectivity index (χ0n) is 15.1. The number of hydrogen-bond acceptors (Lipinski definition) is 6. The van der Waals surface area contributed by atoms with Crippen molar-refractivity contribution in [2.75, 3.05) is 28.4 Å². The molecular weight excluding hydrogens is 358 g/mol. The number of rotatable bonds is 6. The van der Waals surface area contributed by atoms with Crippen molar-refractivity contribution < 1.29 is 27.4 Å². The molecule has 7 nitrogen and oxygen atoms in total. The zero-order valence-corrected chi connectivity index (χ0v) is 15.9. The minimum absolute atomic E-state index is 0.0968. The van der Waals surface area contributed by atoms with Crippen molar-refractivity contribution in [3.63, 3.8) is 0 Å². The molecule has 1 heterocycles. The number of benzene rings is 2. The Hall–Kier alpha value is -2.45. The molecule has 0 atom stereocenters. The van der Waals surface area contributed by atoms with Crippen LogP contribution in [-0.4, -0.2) is 41.2 Å². The lowest BCUT2D eigenvalue weighted by Crippen LogP contribution is -2.26. The van der Waals surface area contributed by atoms with Crippen LogP contribution in [0.15, 0.2) is 35.2 Å². The third-order valence-electron chi connectivity index (χ3n) is 4.40. The Morgan fingerprint density at radius 3 is 2.08 bits per heavy atom. The van der Waals surface area contributed by atoms with E-state index >= 15 is 0 Å². The molecule has 0 saturated heterocycles. The first-order chi connectivity index (χ1) is 12.4. The maximum atomic E-state index is 13.2. The third-order valence-corrected chi connectivity index (χ3v) is 6.23. The summed E-state index contributed by atoms with van der Waals surface area (Å²) in [5, 5.41) is 0. The molecule has 2 aromatic carbocycles. The number of methoxy groups -OCH3 is 4. The lowest BCUT2D eigenvalue weighted by molar-refractivity contribution is 0.379. The molecule has 26 heavy (non-hydrogen) atoms. The first-order valence-electron chi connectivity index (χ1n) is 7.90. The predicted octanol–water partition coefficient (Wildman–Crippen LogP) is 2.43. The second-order valence-corrected chi connectivity index (χ2v) is 7.66. The second kappa shape index (κ2) is 7.05. The summed E-state index contributed by atoms with van der Waals surface area (Å²) in [4.78, 5) is 0.0968. The van der Waals surface area contributed by atoms with Crippen molar-refractivity contribution in [1.29, 1.82) is 0 Å². The maximum absolute atomic E-state index is 13.2. The van der Waals surface area contributed by atoms with Crippen molar-refractivity contribution in [1.82, 2.24) is 4.31 Å². The van der Waals surface area contributed by atoms with E-state index in [1.54, 1.807) is 32.4 Å². The van der Waals surface area contributed by atoms with E-state index in [0.29, 0.717) is 17.2 Å². The molecule has 0 spiro atoms. The summed E-state index contributed by atoms with van der Waals surface area (Å²) in [7, 11) is 2.30. The van der Waals surface area contributed by atoms with Gasteiger partial charge in [0.05, 0.1) is 28.4 Å². The van der Waals surface area contributed by atoms with Crippen molar-refractivity contribution >= 4 is 10.0 Å². The van der Waals surface area contributed by atoms with Crippen LogP contribution >= 0.6 is 0 Å². The quantitative estimate of drug-likeness (QED) is 0.767. The molecule has 0 saturated carbocycles. The molecule has 0 fully saturated rings. The Kier molecular flexibility index (Phi) is 4.97. The SMILES string of the molecule is COc1ccc(S(=O)(=O)N2Cc3cc(OC)cc(OC)c3C2)c(OC)c1.